The maximum absolute atomic E-state index is 12.0. The molecule has 0 aliphatic heterocycles. The summed E-state index contributed by atoms with van der Waals surface area (Å²) < 4.78 is 39.5. The van der Waals surface area contributed by atoms with Crippen LogP contribution in [0.1, 0.15) is 5.56 Å². The third-order valence-corrected chi connectivity index (χ3v) is 1.47. The van der Waals surface area contributed by atoms with E-state index in [9.17, 15) is 13.2 Å². The summed E-state index contributed by atoms with van der Waals surface area (Å²) in [5, 5.41) is 11.5. The second-order valence-electron chi connectivity index (χ2n) is 2.53. The van der Waals surface area contributed by atoms with Crippen molar-refractivity contribution < 1.29 is 17.9 Å². The predicted molar refractivity (Wildman–Crippen MR) is 46.6 cm³/mol. The number of hydrogen-bond acceptors (Lipinski definition) is 3. The lowest BCUT2D eigenvalue weighted by atomic mass is 10.2. The summed E-state index contributed by atoms with van der Waals surface area (Å²) in [6.07, 6.45) is -4.91. The van der Waals surface area contributed by atoms with E-state index >= 15 is 0 Å². The van der Waals surface area contributed by atoms with Crippen molar-refractivity contribution in [2.45, 2.75) is 6.36 Å². The number of rotatable bonds is 2. The van der Waals surface area contributed by atoms with Crippen LogP contribution in [0.2, 0.25) is 0 Å². The third-order valence-electron chi connectivity index (χ3n) is 1.47. The Morgan fingerprint density at radius 3 is 2.62 bits per heavy atom. The summed E-state index contributed by atoms with van der Waals surface area (Å²) in [4.78, 5) is 2.35. The molecule has 8 heteroatoms. The van der Waals surface area contributed by atoms with Crippen molar-refractivity contribution >= 4 is 5.69 Å². The molecule has 0 saturated carbocycles. The molecule has 0 spiro atoms. The van der Waals surface area contributed by atoms with Crippen molar-refractivity contribution in [2.75, 3.05) is 0 Å². The molecule has 0 aromatic heterocycles. The van der Waals surface area contributed by atoms with Crippen molar-refractivity contribution in [2.24, 2.45) is 5.11 Å². The largest absolute Gasteiger partial charge is 0.573 e. The summed E-state index contributed by atoms with van der Waals surface area (Å²) in [7, 11) is 0. The Kier molecular flexibility index (Phi) is 3.23. The van der Waals surface area contributed by atoms with Crippen LogP contribution >= 0.6 is 0 Å². The van der Waals surface area contributed by atoms with E-state index in [0.717, 1.165) is 12.1 Å². The van der Waals surface area contributed by atoms with Gasteiger partial charge in [0.15, 0.2) is 0 Å². The predicted octanol–water partition coefficient (Wildman–Crippen LogP) is 3.40. The van der Waals surface area contributed by atoms with Gasteiger partial charge in [-0.15, -0.1) is 13.2 Å². The lowest BCUT2D eigenvalue weighted by molar-refractivity contribution is -0.274. The minimum Gasteiger partial charge on any atom is -0.405 e. The van der Waals surface area contributed by atoms with E-state index in [0.29, 0.717) is 0 Å². The molecule has 0 N–H and O–H groups in total. The molecular formula is C8H3F3N4O. The van der Waals surface area contributed by atoms with Crippen molar-refractivity contribution in [3.63, 3.8) is 0 Å². The van der Waals surface area contributed by atoms with Gasteiger partial charge in [0.1, 0.15) is 5.75 Å². The van der Waals surface area contributed by atoms with Gasteiger partial charge in [-0.2, -0.15) is 5.26 Å². The fourth-order valence-corrected chi connectivity index (χ4v) is 0.921. The second-order valence-corrected chi connectivity index (χ2v) is 2.53. The number of hydrogen-bond donors (Lipinski definition) is 0. The smallest absolute Gasteiger partial charge is 0.405 e. The number of halogens is 3. The molecular weight excluding hydrogens is 225 g/mol. The van der Waals surface area contributed by atoms with E-state index in [1.807, 2.05) is 0 Å². The van der Waals surface area contributed by atoms with Gasteiger partial charge in [-0.05, 0) is 23.7 Å². The van der Waals surface area contributed by atoms with Gasteiger partial charge in [0.2, 0.25) is 0 Å². The summed E-state index contributed by atoms with van der Waals surface area (Å²) in [5.41, 5.74) is 7.76. The molecule has 0 saturated heterocycles. The van der Waals surface area contributed by atoms with Crippen molar-refractivity contribution in [3.8, 4) is 11.8 Å². The van der Waals surface area contributed by atoms with Crippen molar-refractivity contribution in [1.82, 2.24) is 0 Å². The van der Waals surface area contributed by atoms with Crippen LogP contribution in [0.3, 0.4) is 0 Å². The number of alkyl halides is 3. The Morgan fingerprint density at radius 2 is 2.12 bits per heavy atom. The molecule has 0 heterocycles. The molecule has 0 bridgehead atoms. The van der Waals surface area contributed by atoms with Crippen LogP contribution in [0.15, 0.2) is 23.3 Å². The fraction of sp³-hybridized carbons (Fsp3) is 0.125. The normalized spacial score (nSPS) is 10.1. The van der Waals surface area contributed by atoms with Gasteiger partial charge in [0.25, 0.3) is 0 Å². The fourth-order valence-electron chi connectivity index (χ4n) is 0.921. The molecule has 0 aliphatic carbocycles. The van der Waals surface area contributed by atoms with Gasteiger partial charge >= 0.3 is 6.36 Å². The van der Waals surface area contributed by atoms with Gasteiger partial charge in [0.05, 0.1) is 17.3 Å². The highest BCUT2D eigenvalue weighted by atomic mass is 19.4. The number of nitriles is 1. The number of azide groups is 1. The lowest BCUT2D eigenvalue weighted by Gasteiger charge is -2.10. The molecule has 0 fully saturated rings. The second kappa shape index (κ2) is 4.42. The monoisotopic (exact) mass is 228 g/mol. The summed E-state index contributed by atoms with van der Waals surface area (Å²) in [6.45, 7) is 0. The number of nitrogens with zero attached hydrogens (tertiary/aromatic N) is 4. The topological polar surface area (TPSA) is 81.8 Å². The van der Waals surface area contributed by atoms with Gasteiger partial charge in [-0.3, -0.25) is 0 Å². The van der Waals surface area contributed by atoms with E-state index in [1.54, 1.807) is 6.07 Å². The first-order chi connectivity index (χ1) is 7.46. The Bertz CT molecular complexity index is 485. The lowest BCUT2D eigenvalue weighted by Crippen LogP contribution is -2.17. The Morgan fingerprint density at radius 1 is 1.44 bits per heavy atom. The third kappa shape index (κ3) is 3.08. The molecule has 0 unspecified atom stereocenters. The highest BCUT2D eigenvalue weighted by Gasteiger charge is 2.32. The minimum atomic E-state index is -4.91. The van der Waals surface area contributed by atoms with Crippen LogP contribution in [0.25, 0.3) is 10.4 Å². The van der Waals surface area contributed by atoms with Crippen molar-refractivity contribution in [1.29, 1.82) is 5.26 Å². The van der Waals surface area contributed by atoms with Crippen LogP contribution < -0.4 is 4.74 Å². The van der Waals surface area contributed by atoms with E-state index < -0.39 is 12.1 Å². The molecule has 1 rings (SSSR count). The number of ether oxygens (including phenoxy) is 1. The zero-order chi connectivity index (χ0) is 12.2. The van der Waals surface area contributed by atoms with Crippen molar-refractivity contribution in [3.05, 3.63) is 34.2 Å². The van der Waals surface area contributed by atoms with E-state index in [2.05, 4.69) is 14.8 Å². The average molecular weight is 228 g/mol. The van der Waals surface area contributed by atoms with Gasteiger partial charge < -0.3 is 4.74 Å². The first kappa shape index (κ1) is 11.7. The average Bonchev–Trinajstić information content (AvgIpc) is 2.18. The maximum Gasteiger partial charge on any atom is 0.573 e. The Balaban J connectivity index is 3.21. The van der Waals surface area contributed by atoms with Gasteiger partial charge in [-0.25, -0.2) is 0 Å². The highest BCUT2D eigenvalue weighted by molar-refractivity contribution is 5.55. The van der Waals surface area contributed by atoms with Crippen LogP contribution in [-0.4, -0.2) is 6.36 Å². The molecule has 82 valence electrons. The zero-order valence-electron chi connectivity index (χ0n) is 7.56. The number of benzene rings is 1. The molecule has 0 radical (unpaired) electrons. The quantitative estimate of drug-likeness (QED) is 0.441. The summed E-state index contributed by atoms with van der Waals surface area (Å²) in [6, 6.07) is 4.77. The first-order valence-corrected chi connectivity index (χ1v) is 3.81. The summed E-state index contributed by atoms with van der Waals surface area (Å²) in [5.74, 6) is -0.704. The highest BCUT2D eigenvalue weighted by Crippen LogP contribution is 2.33. The van der Waals surface area contributed by atoms with E-state index in [4.69, 9.17) is 10.8 Å². The molecule has 1 aromatic carbocycles. The van der Waals surface area contributed by atoms with E-state index in [-0.39, 0.29) is 11.3 Å². The molecule has 5 nitrogen and oxygen atoms in total. The van der Waals surface area contributed by atoms with Crippen LogP contribution in [-0.2, 0) is 0 Å². The first-order valence-electron chi connectivity index (χ1n) is 3.81. The zero-order valence-corrected chi connectivity index (χ0v) is 7.56. The minimum absolute atomic E-state index is 0.0314. The Hall–Kier alpha value is -2.39. The van der Waals surface area contributed by atoms with Gasteiger partial charge in [0, 0.05) is 4.91 Å². The van der Waals surface area contributed by atoms with Gasteiger partial charge in [-0.1, -0.05) is 5.11 Å². The molecule has 0 aliphatic rings. The SMILES string of the molecule is N#Cc1ccc(N=[N+]=[N-])c(OC(F)(F)F)c1. The summed E-state index contributed by atoms with van der Waals surface area (Å²) >= 11 is 0. The molecule has 1 aromatic rings. The maximum atomic E-state index is 12.0. The molecule has 0 amide bonds. The van der Waals surface area contributed by atoms with Crippen LogP contribution in [0, 0.1) is 11.3 Å². The molecule has 16 heavy (non-hydrogen) atoms. The Labute approximate surface area is 87.3 Å². The van der Waals surface area contributed by atoms with Crippen LogP contribution in [0.4, 0.5) is 18.9 Å². The molecule has 0 atom stereocenters. The van der Waals surface area contributed by atoms with Crippen LogP contribution in [0.5, 0.6) is 5.75 Å². The standard InChI is InChI=1S/C8H3F3N4O/c9-8(10,11)16-7-3-5(4-12)1-2-6(7)14-15-13/h1-3H. The van der Waals surface area contributed by atoms with E-state index in [1.165, 1.54) is 6.07 Å².